The van der Waals surface area contributed by atoms with Crippen molar-refractivity contribution < 1.29 is 41.3 Å². The topological polar surface area (TPSA) is 50.9 Å². The van der Waals surface area contributed by atoms with Crippen LogP contribution >= 0.6 is 0 Å². The van der Waals surface area contributed by atoms with Crippen molar-refractivity contribution in [2.45, 2.75) is 112 Å². The summed E-state index contributed by atoms with van der Waals surface area (Å²) in [4.78, 5) is 10.0. The van der Waals surface area contributed by atoms with Crippen molar-refractivity contribution in [1.82, 2.24) is 14.5 Å². The van der Waals surface area contributed by atoms with Crippen LogP contribution in [-0.4, -0.2) is 19.6 Å². The number of aromatic nitrogens is 3. The number of imidazole rings is 1. The Bertz CT molecular complexity index is 3920. The maximum absolute atomic E-state index is 12.8. The minimum absolute atomic E-state index is 0. The SMILES string of the molecule is [2H]c1nc(-c2[c-]c(-c3cccc4c3nc(-c3cc(C(C)(C)C)cc(C(C)(C)C)c3O)n4-c3cc(C([2H])([2H])[2H])c(-c4ccc(C(C)(C)C)cc4)cc3-c3ccccc3)cc(C(C)(C)C)c2)c([2H])c(-c2c([2H])c([2H])c([2H])c([2H])c2[2H])c1[2H].[Pt]. The van der Waals surface area contributed by atoms with E-state index < -0.39 is 66.2 Å². The number of phenolic OH excluding ortho intramolecular Hbond substituents is 1. The van der Waals surface area contributed by atoms with Gasteiger partial charge in [0, 0.05) is 48.2 Å². The van der Waals surface area contributed by atoms with Crippen LogP contribution in [-0.2, 0) is 42.7 Å². The Morgan fingerprint density at radius 2 is 1.20 bits per heavy atom. The predicted molar refractivity (Wildman–Crippen MR) is 292 cm³/mol. The third-order valence-electron chi connectivity index (χ3n) is 12.9. The first-order valence-electron chi connectivity index (χ1n) is 29.0. The number of phenols is 1. The molecule has 0 atom stereocenters. The number of hydrogen-bond acceptors (Lipinski definition) is 3. The molecule has 7 aromatic carbocycles. The zero-order valence-electron chi connectivity index (χ0n) is 53.0. The number of pyridine rings is 1. The normalized spacial score (nSPS) is 14.7. The van der Waals surface area contributed by atoms with E-state index in [4.69, 9.17) is 18.7 Å². The maximum Gasteiger partial charge on any atom is 0.148 e. The van der Waals surface area contributed by atoms with Crippen LogP contribution < -0.4 is 0 Å². The minimum Gasteiger partial charge on any atom is -0.507 e. The molecule has 2 aromatic heterocycles. The van der Waals surface area contributed by atoms with E-state index in [0.717, 1.165) is 27.8 Å². The number of benzene rings is 7. The monoisotopic (exact) mass is 1110 g/mol. The standard InChI is InChI=1S/C65H66N3O.Pt/c1-41-33-58(53(43-23-18-15-19-24-43)40-52(41)44-27-29-48(30-28-44)62(2,3)4)68-57-26-20-25-51(59(57)67-61(68)54-38-50(64(8,9)10)39-55(60(54)69)65(11,12)13)46-34-47(36-49(35-46)63(5,6)7)56-37-45(31-32-66-56)42-21-16-14-17-22-42;/h14-33,35-40,69H,1-13H3;/q-1;/i1D3,14D,16D,17D,21D,22D,31D,32D,37D;. The molecule has 0 fully saturated rings. The van der Waals surface area contributed by atoms with Gasteiger partial charge in [-0.1, -0.05) is 203 Å². The van der Waals surface area contributed by atoms with E-state index in [2.05, 4.69) is 52.6 Å². The Morgan fingerprint density at radius 3 is 1.84 bits per heavy atom. The van der Waals surface area contributed by atoms with Gasteiger partial charge in [0.2, 0.25) is 0 Å². The summed E-state index contributed by atoms with van der Waals surface area (Å²) in [6, 6.07) is 34.4. The molecule has 4 nitrogen and oxygen atoms in total. The Labute approximate surface area is 446 Å². The quantitative estimate of drug-likeness (QED) is 0.162. The third-order valence-corrected chi connectivity index (χ3v) is 12.9. The van der Waals surface area contributed by atoms with Crippen molar-refractivity contribution in [3.05, 3.63) is 192 Å². The summed E-state index contributed by atoms with van der Waals surface area (Å²) >= 11 is 0. The summed E-state index contributed by atoms with van der Waals surface area (Å²) in [5, 5.41) is 12.8. The van der Waals surface area contributed by atoms with Gasteiger partial charge >= 0.3 is 0 Å². The van der Waals surface area contributed by atoms with Gasteiger partial charge in [-0.25, -0.2) is 4.98 Å². The Balaban J connectivity index is 0.00000860. The first-order chi connectivity index (χ1) is 37.1. The summed E-state index contributed by atoms with van der Waals surface area (Å²) in [5.74, 6) is 0.362. The van der Waals surface area contributed by atoms with Gasteiger partial charge in [0.15, 0.2) is 0 Å². The molecule has 0 saturated carbocycles. The molecule has 0 bridgehead atoms. The van der Waals surface area contributed by atoms with Gasteiger partial charge in [0.05, 0.1) is 33.3 Å². The van der Waals surface area contributed by atoms with E-state index in [1.54, 1.807) is 12.1 Å². The predicted octanol–water partition coefficient (Wildman–Crippen LogP) is 17.4. The number of aromatic hydroxyl groups is 1. The van der Waals surface area contributed by atoms with Gasteiger partial charge in [-0.2, -0.15) is 0 Å². The fourth-order valence-corrected chi connectivity index (χ4v) is 8.78. The minimum atomic E-state index is -2.60. The number of nitrogens with zero attached hydrogens (tertiary/aromatic N) is 3. The fourth-order valence-electron chi connectivity index (χ4n) is 8.78. The second-order valence-corrected chi connectivity index (χ2v) is 22.1. The molecule has 70 heavy (non-hydrogen) atoms. The maximum atomic E-state index is 12.8. The molecule has 9 rings (SSSR count). The van der Waals surface area contributed by atoms with Crippen molar-refractivity contribution in [3.63, 3.8) is 0 Å². The molecule has 0 aliphatic carbocycles. The number of hydrogen-bond donors (Lipinski definition) is 1. The van der Waals surface area contributed by atoms with Gasteiger partial charge in [-0.15, -0.1) is 29.3 Å². The molecule has 2 heterocycles. The second-order valence-electron chi connectivity index (χ2n) is 22.1. The van der Waals surface area contributed by atoms with Gasteiger partial charge < -0.3 is 5.11 Å². The molecular formula is C65H66N3OPt-. The van der Waals surface area contributed by atoms with Crippen LogP contribution in [0.4, 0.5) is 0 Å². The van der Waals surface area contributed by atoms with Crippen LogP contribution in [0.2, 0.25) is 0 Å². The summed E-state index contributed by atoms with van der Waals surface area (Å²) in [6.45, 7) is 22.3. The first-order valence-corrected chi connectivity index (χ1v) is 23.5. The molecule has 0 aliphatic rings. The van der Waals surface area contributed by atoms with Crippen LogP contribution in [0.15, 0.2) is 158 Å². The van der Waals surface area contributed by atoms with E-state index in [0.29, 0.717) is 55.9 Å². The van der Waals surface area contributed by atoms with Crippen molar-refractivity contribution in [1.29, 1.82) is 0 Å². The van der Waals surface area contributed by atoms with Crippen LogP contribution in [0.3, 0.4) is 0 Å². The van der Waals surface area contributed by atoms with E-state index in [-0.39, 0.29) is 65.6 Å². The largest absolute Gasteiger partial charge is 0.507 e. The summed E-state index contributed by atoms with van der Waals surface area (Å²) < 4.78 is 99.5. The average molecular weight is 1110 g/mol. The molecule has 1 N–H and O–H groups in total. The first kappa shape index (κ1) is 37.5. The van der Waals surface area contributed by atoms with Crippen LogP contribution in [0.1, 0.15) is 126 Å². The number of aryl methyl sites for hydroxylation is 1. The van der Waals surface area contributed by atoms with Gasteiger partial charge in [-0.05, 0) is 103 Å². The smallest absolute Gasteiger partial charge is 0.148 e. The van der Waals surface area contributed by atoms with Crippen LogP contribution in [0.25, 0.3) is 83.9 Å². The molecule has 9 aromatic rings. The van der Waals surface area contributed by atoms with E-state index in [9.17, 15) is 6.48 Å². The van der Waals surface area contributed by atoms with Crippen molar-refractivity contribution in [2.75, 3.05) is 0 Å². The Hall–Kier alpha value is -6.35. The summed E-state index contributed by atoms with van der Waals surface area (Å²) in [7, 11) is 0. The number of fused-ring (bicyclic) bond motifs is 1. The Kier molecular flexibility index (Phi) is 10.0. The summed E-state index contributed by atoms with van der Waals surface area (Å²) in [6.07, 6.45) is -0.565. The molecule has 0 radical (unpaired) electrons. The van der Waals surface area contributed by atoms with Gasteiger partial charge in [0.25, 0.3) is 0 Å². The molecule has 0 amide bonds. The molecule has 0 spiro atoms. The Morgan fingerprint density at radius 1 is 0.557 bits per heavy atom. The molecule has 358 valence electrons. The fraction of sp³-hybridized carbons (Fsp3) is 0.262. The zero-order valence-corrected chi connectivity index (χ0v) is 44.3. The van der Waals surface area contributed by atoms with Crippen molar-refractivity contribution in [2.24, 2.45) is 0 Å². The molecule has 5 heteroatoms. The average Bonchev–Trinajstić information content (AvgIpc) is 3.77. The third kappa shape index (κ3) is 9.86. The molecular weight excluding hydrogens is 1030 g/mol. The van der Waals surface area contributed by atoms with Gasteiger partial charge in [-0.3, -0.25) is 9.55 Å². The van der Waals surface area contributed by atoms with Crippen LogP contribution in [0.5, 0.6) is 5.75 Å². The van der Waals surface area contributed by atoms with E-state index in [1.807, 2.05) is 143 Å². The van der Waals surface area contributed by atoms with Gasteiger partial charge in [0.1, 0.15) is 11.6 Å². The van der Waals surface area contributed by atoms with E-state index >= 15 is 0 Å². The van der Waals surface area contributed by atoms with E-state index in [1.165, 1.54) is 0 Å². The second kappa shape index (κ2) is 18.8. The molecule has 0 saturated heterocycles. The molecule has 0 unspecified atom stereocenters. The summed E-state index contributed by atoms with van der Waals surface area (Å²) in [5.41, 5.74) is 7.33. The number of rotatable bonds is 7. The van der Waals surface area contributed by atoms with Crippen molar-refractivity contribution in [3.8, 4) is 78.6 Å². The zero-order chi connectivity index (χ0) is 58.7. The number of para-hydroxylation sites is 1. The van der Waals surface area contributed by atoms with Crippen molar-refractivity contribution >= 4 is 11.0 Å². The van der Waals surface area contributed by atoms with Crippen LogP contribution in [0, 0.1) is 12.9 Å². The molecule has 0 aliphatic heterocycles.